The molecule has 3 rings (SSSR count). The predicted molar refractivity (Wildman–Crippen MR) is 74.8 cm³/mol. The van der Waals surface area contributed by atoms with Crippen molar-refractivity contribution in [3.8, 4) is 0 Å². The van der Waals surface area contributed by atoms with Crippen LogP contribution in [-0.2, 0) is 16.3 Å². The molecule has 3 nitrogen and oxygen atoms in total. The van der Waals surface area contributed by atoms with Crippen molar-refractivity contribution in [1.29, 1.82) is 0 Å². The summed E-state index contributed by atoms with van der Waals surface area (Å²) in [6.45, 7) is 0.856. The summed E-state index contributed by atoms with van der Waals surface area (Å²) in [5.41, 5.74) is -0.0632. The fourth-order valence-corrected chi connectivity index (χ4v) is 5.80. The summed E-state index contributed by atoms with van der Waals surface area (Å²) in [5.74, 6) is 0.725. The Hall–Kier alpha value is -0.390. The third-order valence-corrected chi connectivity index (χ3v) is 6.70. The zero-order valence-corrected chi connectivity index (χ0v) is 12.0. The molecule has 1 aliphatic carbocycles. The normalized spacial score (nSPS) is 30.7. The summed E-state index contributed by atoms with van der Waals surface area (Å²) in [7, 11) is -2.82. The van der Waals surface area contributed by atoms with Gasteiger partial charge in [0.15, 0.2) is 9.84 Å². The lowest BCUT2D eigenvalue weighted by Gasteiger charge is -2.27. The van der Waals surface area contributed by atoms with Gasteiger partial charge < -0.3 is 5.32 Å². The zero-order valence-electron chi connectivity index (χ0n) is 10.4. The molecule has 2 heterocycles. The molecule has 1 aliphatic heterocycles. The highest BCUT2D eigenvalue weighted by atomic mass is 32.2. The van der Waals surface area contributed by atoms with Gasteiger partial charge in [-0.15, -0.1) is 11.3 Å². The Kier molecular flexibility index (Phi) is 3.24. The molecule has 0 spiro atoms. The van der Waals surface area contributed by atoms with Crippen molar-refractivity contribution in [3.05, 3.63) is 22.4 Å². The number of sulfone groups is 1. The van der Waals surface area contributed by atoms with Crippen LogP contribution in [0.4, 0.5) is 0 Å². The minimum absolute atomic E-state index is 0.0632. The van der Waals surface area contributed by atoms with Crippen molar-refractivity contribution in [2.75, 3.05) is 18.1 Å². The van der Waals surface area contributed by atoms with Crippen LogP contribution in [0, 0.1) is 5.41 Å². The molecule has 0 radical (unpaired) electrons. The van der Waals surface area contributed by atoms with Gasteiger partial charge >= 0.3 is 0 Å². The Balaban J connectivity index is 1.74. The lowest BCUT2D eigenvalue weighted by Crippen LogP contribution is -2.38. The van der Waals surface area contributed by atoms with Gasteiger partial charge in [0, 0.05) is 22.9 Å². The van der Waals surface area contributed by atoms with Crippen LogP contribution in [0.25, 0.3) is 0 Å². The van der Waals surface area contributed by atoms with E-state index in [9.17, 15) is 8.42 Å². The lowest BCUT2D eigenvalue weighted by atomic mass is 9.83. The maximum Gasteiger partial charge on any atom is 0.150 e. The third-order valence-electron chi connectivity index (χ3n) is 3.94. The summed E-state index contributed by atoms with van der Waals surface area (Å²) < 4.78 is 23.6. The van der Waals surface area contributed by atoms with Crippen molar-refractivity contribution in [3.63, 3.8) is 0 Å². The van der Waals surface area contributed by atoms with E-state index in [1.165, 1.54) is 17.7 Å². The van der Waals surface area contributed by atoms with E-state index < -0.39 is 9.84 Å². The van der Waals surface area contributed by atoms with Crippen molar-refractivity contribution in [1.82, 2.24) is 5.32 Å². The van der Waals surface area contributed by atoms with E-state index in [1.54, 1.807) is 11.3 Å². The van der Waals surface area contributed by atoms with E-state index in [2.05, 4.69) is 16.8 Å². The minimum atomic E-state index is -2.82. The smallest absolute Gasteiger partial charge is 0.150 e. The van der Waals surface area contributed by atoms with Crippen molar-refractivity contribution in [2.24, 2.45) is 5.41 Å². The average molecular weight is 285 g/mol. The summed E-state index contributed by atoms with van der Waals surface area (Å²) in [6, 6.07) is 4.81. The average Bonchev–Trinajstić information content (AvgIpc) is 2.92. The van der Waals surface area contributed by atoms with Gasteiger partial charge in [0.25, 0.3) is 0 Å². The Morgan fingerprint density at radius 3 is 2.83 bits per heavy atom. The molecule has 1 aromatic heterocycles. The van der Waals surface area contributed by atoms with Gasteiger partial charge in [-0.1, -0.05) is 6.07 Å². The topological polar surface area (TPSA) is 46.2 Å². The van der Waals surface area contributed by atoms with Gasteiger partial charge in [0.2, 0.25) is 0 Å². The van der Waals surface area contributed by atoms with Crippen LogP contribution in [0.2, 0.25) is 0 Å². The van der Waals surface area contributed by atoms with Crippen molar-refractivity contribution >= 4 is 21.2 Å². The van der Waals surface area contributed by atoms with Crippen LogP contribution in [0.1, 0.15) is 24.1 Å². The Morgan fingerprint density at radius 2 is 2.28 bits per heavy atom. The number of hydrogen-bond acceptors (Lipinski definition) is 4. The number of nitrogens with one attached hydrogen (secondary N) is 1. The van der Waals surface area contributed by atoms with Gasteiger partial charge in [-0.25, -0.2) is 8.42 Å². The molecule has 0 amide bonds. The van der Waals surface area contributed by atoms with Gasteiger partial charge in [-0.3, -0.25) is 0 Å². The van der Waals surface area contributed by atoms with E-state index in [0.29, 0.717) is 17.5 Å². The Labute approximate surface area is 113 Å². The van der Waals surface area contributed by atoms with Gasteiger partial charge in [0.1, 0.15) is 0 Å². The van der Waals surface area contributed by atoms with Crippen LogP contribution < -0.4 is 5.32 Å². The monoisotopic (exact) mass is 285 g/mol. The van der Waals surface area contributed by atoms with E-state index in [0.717, 1.165) is 19.4 Å². The zero-order chi connectivity index (χ0) is 12.6. The van der Waals surface area contributed by atoms with E-state index in [1.807, 2.05) is 6.07 Å². The van der Waals surface area contributed by atoms with Crippen molar-refractivity contribution < 1.29 is 8.42 Å². The molecule has 0 bridgehead atoms. The molecule has 1 atom stereocenters. The number of rotatable bonds is 5. The Bertz CT molecular complexity index is 505. The highest BCUT2D eigenvalue weighted by Gasteiger charge is 2.43. The lowest BCUT2D eigenvalue weighted by molar-refractivity contribution is 0.312. The summed E-state index contributed by atoms with van der Waals surface area (Å²) in [5, 5.41) is 5.60. The summed E-state index contributed by atoms with van der Waals surface area (Å²) in [6.07, 6.45) is 4.22. The molecule has 1 N–H and O–H groups in total. The molecule has 18 heavy (non-hydrogen) atoms. The molecule has 1 unspecified atom stereocenters. The van der Waals surface area contributed by atoms with Gasteiger partial charge in [-0.05, 0) is 37.1 Å². The molecular formula is C13H19NO2S2. The first-order valence-electron chi connectivity index (χ1n) is 6.53. The standard InChI is InChI=1S/C13H19NO2S2/c15-18(16)7-5-13(10-18,9-14-11-3-4-11)8-12-2-1-6-17-12/h1-2,6,11,14H,3-5,7-10H2. The maximum atomic E-state index is 11.8. The number of thiophene rings is 1. The van der Waals surface area contributed by atoms with Crippen LogP contribution in [0.15, 0.2) is 17.5 Å². The first-order chi connectivity index (χ1) is 8.57. The largest absolute Gasteiger partial charge is 0.313 e. The van der Waals surface area contributed by atoms with Crippen LogP contribution in [0.5, 0.6) is 0 Å². The van der Waals surface area contributed by atoms with Crippen molar-refractivity contribution in [2.45, 2.75) is 31.7 Å². The second-order valence-corrected chi connectivity index (χ2v) is 8.97. The second-order valence-electron chi connectivity index (χ2n) is 5.75. The first-order valence-corrected chi connectivity index (χ1v) is 9.23. The number of hydrogen-bond donors (Lipinski definition) is 1. The van der Waals surface area contributed by atoms with Crippen LogP contribution >= 0.6 is 11.3 Å². The predicted octanol–water partition coefficient (Wildman–Crippen LogP) is 1.85. The van der Waals surface area contributed by atoms with Crippen LogP contribution in [0.3, 0.4) is 0 Å². The summed E-state index contributed by atoms with van der Waals surface area (Å²) in [4.78, 5) is 1.31. The molecule has 5 heteroatoms. The molecule has 1 saturated carbocycles. The molecule has 2 aliphatic rings. The van der Waals surface area contributed by atoms with Gasteiger partial charge in [-0.2, -0.15) is 0 Å². The minimum Gasteiger partial charge on any atom is -0.313 e. The molecule has 1 aromatic rings. The molecule has 1 saturated heterocycles. The fraction of sp³-hybridized carbons (Fsp3) is 0.692. The second kappa shape index (κ2) is 4.62. The highest BCUT2D eigenvalue weighted by Crippen LogP contribution is 2.37. The van der Waals surface area contributed by atoms with E-state index in [4.69, 9.17) is 0 Å². The molecular weight excluding hydrogens is 266 g/mol. The first kappa shape index (κ1) is 12.6. The molecule has 2 fully saturated rings. The van der Waals surface area contributed by atoms with Gasteiger partial charge in [0.05, 0.1) is 11.5 Å². The maximum absolute atomic E-state index is 11.8. The summed E-state index contributed by atoms with van der Waals surface area (Å²) >= 11 is 1.74. The van der Waals surface area contributed by atoms with Crippen LogP contribution in [-0.4, -0.2) is 32.5 Å². The quantitative estimate of drug-likeness (QED) is 0.898. The Morgan fingerprint density at radius 1 is 1.44 bits per heavy atom. The van der Waals surface area contributed by atoms with E-state index in [-0.39, 0.29) is 5.41 Å². The third kappa shape index (κ3) is 2.95. The molecule has 100 valence electrons. The SMILES string of the molecule is O=S1(=O)CCC(CNC2CC2)(Cc2cccs2)C1. The molecule has 0 aromatic carbocycles. The van der Waals surface area contributed by atoms with E-state index >= 15 is 0 Å². The highest BCUT2D eigenvalue weighted by molar-refractivity contribution is 7.91. The fourth-order valence-electron chi connectivity index (χ4n) is 2.76.